The van der Waals surface area contributed by atoms with E-state index in [9.17, 15) is 30.8 Å². The lowest BCUT2D eigenvalue weighted by Crippen LogP contribution is -2.54. The van der Waals surface area contributed by atoms with Crippen LogP contribution in [0.5, 0.6) is 0 Å². The van der Waals surface area contributed by atoms with E-state index in [1.165, 1.54) is 66.7 Å². The average molecular weight is 564 g/mol. The van der Waals surface area contributed by atoms with Gasteiger partial charge in [0, 0.05) is 5.56 Å². The second-order valence-corrected chi connectivity index (χ2v) is 11.7. The van der Waals surface area contributed by atoms with Crippen molar-refractivity contribution in [3.63, 3.8) is 0 Å². The van der Waals surface area contributed by atoms with E-state index in [4.69, 9.17) is 0 Å². The summed E-state index contributed by atoms with van der Waals surface area (Å²) in [4.78, 5) is 14.4. The van der Waals surface area contributed by atoms with Gasteiger partial charge in [-0.15, -0.1) is 0 Å². The zero-order chi connectivity index (χ0) is 28.4. The highest BCUT2D eigenvalue weighted by molar-refractivity contribution is 7.93. The normalized spacial score (nSPS) is 18.4. The molecule has 6 rings (SSSR count). The highest BCUT2D eigenvalue weighted by Gasteiger charge is 2.62. The number of sulfonamides is 1. The highest BCUT2D eigenvalue weighted by atomic mass is 32.2. The number of nitrogens with zero attached hydrogens (tertiary/aromatic N) is 1. The molecule has 0 saturated carbocycles. The number of carbonyl (C=O) groups excluding carboxylic acids is 1. The highest BCUT2D eigenvalue weighted by Crippen LogP contribution is 2.62. The lowest BCUT2D eigenvalue weighted by molar-refractivity contribution is -0.152. The first-order valence-electron chi connectivity index (χ1n) is 12.4. The maximum atomic E-state index is 14.6. The van der Waals surface area contributed by atoms with E-state index in [0.29, 0.717) is 21.0 Å². The van der Waals surface area contributed by atoms with Crippen LogP contribution in [0.15, 0.2) is 102 Å². The predicted octanol–water partition coefficient (Wildman–Crippen LogP) is 7.03. The van der Waals surface area contributed by atoms with Crippen molar-refractivity contribution >= 4 is 32.8 Å². The van der Waals surface area contributed by atoms with Crippen LogP contribution in [-0.4, -0.2) is 20.5 Å². The molecule has 1 unspecified atom stereocenters. The number of rotatable bonds is 4. The molecule has 1 aliphatic carbocycles. The van der Waals surface area contributed by atoms with Crippen molar-refractivity contribution in [2.45, 2.75) is 29.8 Å². The lowest BCUT2D eigenvalue weighted by atomic mass is 9.68. The Morgan fingerprint density at radius 1 is 0.800 bits per heavy atom. The molecule has 2 aliphatic rings. The van der Waals surface area contributed by atoms with Gasteiger partial charge in [0.25, 0.3) is 15.9 Å². The van der Waals surface area contributed by atoms with Gasteiger partial charge in [-0.2, -0.15) is 13.2 Å². The fourth-order valence-corrected chi connectivity index (χ4v) is 7.30. The molecule has 1 aliphatic heterocycles. The summed E-state index contributed by atoms with van der Waals surface area (Å²) in [6.07, 6.45) is -6.47. The molecule has 0 fully saturated rings. The number of para-hydroxylation sites is 1. The lowest BCUT2D eigenvalue weighted by Gasteiger charge is -2.42. The monoisotopic (exact) mass is 563 g/mol. The number of benzene rings is 4. The average Bonchev–Trinajstić information content (AvgIpc) is 3.20. The number of alkyl halides is 3. The van der Waals surface area contributed by atoms with Crippen LogP contribution in [0.25, 0.3) is 11.1 Å². The first-order valence-corrected chi connectivity index (χ1v) is 13.8. The van der Waals surface area contributed by atoms with Gasteiger partial charge in [-0.1, -0.05) is 72.3 Å². The smallest absolute Gasteiger partial charge is 0.272 e. The van der Waals surface area contributed by atoms with Gasteiger partial charge in [-0.05, 0) is 65.1 Å². The van der Waals surface area contributed by atoms with E-state index in [2.05, 4.69) is 0 Å². The third-order valence-corrected chi connectivity index (χ3v) is 9.14. The van der Waals surface area contributed by atoms with E-state index in [-0.39, 0.29) is 27.3 Å². The van der Waals surface area contributed by atoms with Crippen LogP contribution in [0.4, 0.5) is 23.2 Å². The SMILES string of the molecule is Cc1ccc(S(=O)(=O)N2C(=O)C3(CC(F)(F)F)C(=C(c4ccc(F)cc4)c4ccccc43)c3ccccc32)cc1. The van der Waals surface area contributed by atoms with Crippen molar-refractivity contribution < 1.29 is 30.8 Å². The largest absolute Gasteiger partial charge is 0.390 e. The minimum Gasteiger partial charge on any atom is -0.272 e. The Bertz CT molecular complexity index is 1810. The minimum atomic E-state index is -4.85. The number of amides is 1. The standard InChI is InChI=1S/C31H21F4NO3S/c1-19-10-16-22(17-11-19)40(38,39)36-26-9-5-3-7-24(26)28-27(20-12-14-21(32)15-13-20)23-6-2-4-8-25(23)30(28,29(36)37)18-31(33,34)35/h2-17H,18H2,1H3. The van der Waals surface area contributed by atoms with Crippen molar-refractivity contribution in [3.05, 3.63) is 131 Å². The van der Waals surface area contributed by atoms with Gasteiger partial charge in [0.1, 0.15) is 11.2 Å². The fourth-order valence-electron chi connectivity index (χ4n) is 5.82. The second kappa shape index (κ2) is 8.89. The molecule has 1 amide bonds. The third kappa shape index (κ3) is 3.79. The number of halogens is 4. The third-order valence-electron chi connectivity index (χ3n) is 7.43. The first kappa shape index (κ1) is 26.0. The van der Waals surface area contributed by atoms with Crippen molar-refractivity contribution in [1.82, 2.24) is 0 Å². The predicted molar refractivity (Wildman–Crippen MR) is 143 cm³/mol. The van der Waals surface area contributed by atoms with Gasteiger partial charge in [-0.3, -0.25) is 4.79 Å². The molecular weight excluding hydrogens is 542 g/mol. The van der Waals surface area contributed by atoms with Crippen LogP contribution in [0, 0.1) is 12.7 Å². The zero-order valence-corrected chi connectivity index (χ0v) is 21.9. The van der Waals surface area contributed by atoms with Crippen molar-refractivity contribution in [2.75, 3.05) is 4.31 Å². The van der Waals surface area contributed by atoms with E-state index in [0.717, 1.165) is 5.56 Å². The molecule has 4 aromatic carbocycles. The van der Waals surface area contributed by atoms with Crippen LogP contribution in [0.3, 0.4) is 0 Å². The van der Waals surface area contributed by atoms with Gasteiger partial charge in [0.15, 0.2) is 0 Å². The molecule has 0 radical (unpaired) electrons. The Balaban J connectivity index is 1.75. The molecule has 202 valence electrons. The minimum absolute atomic E-state index is 0.0465. The van der Waals surface area contributed by atoms with Gasteiger partial charge in [0.2, 0.25) is 0 Å². The molecule has 9 heteroatoms. The molecule has 4 aromatic rings. The number of fused-ring (bicyclic) bond motifs is 5. The van der Waals surface area contributed by atoms with E-state index >= 15 is 0 Å². The maximum Gasteiger partial charge on any atom is 0.390 e. The van der Waals surface area contributed by atoms with Crippen LogP contribution in [-0.2, 0) is 20.2 Å². The fraction of sp³-hybridized carbons (Fsp3) is 0.129. The van der Waals surface area contributed by atoms with Crippen LogP contribution in [0.1, 0.15) is 34.2 Å². The summed E-state index contributed by atoms with van der Waals surface area (Å²) in [5.41, 5.74) is -0.309. The molecule has 0 saturated heterocycles. The molecule has 0 aromatic heterocycles. The topological polar surface area (TPSA) is 54.5 Å². The summed E-state index contributed by atoms with van der Waals surface area (Å²) in [5.74, 6) is -1.75. The molecule has 0 N–H and O–H groups in total. The Kier molecular flexibility index (Phi) is 5.78. The van der Waals surface area contributed by atoms with Gasteiger partial charge < -0.3 is 0 Å². The zero-order valence-electron chi connectivity index (χ0n) is 21.0. The summed E-state index contributed by atoms with van der Waals surface area (Å²) in [7, 11) is -4.62. The number of aryl methyl sites for hydroxylation is 1. The van der Waals surface area contributed by atoms with E-state index in [1.807, 2.05) is 0 Å². The number of hydrogen-bond donors (Lipinski definition) is 0. The molecule has 1 heterocycles. The molecule has 4 nitrogen and oxygen atoms in total. The summed E-state index contributed by atoms with van der Waals surface area (Å²) in [6, 6.07) is 23.3. The summed E-state index contributed by atoms with van der Waals surface area (Å²) in [5, 5.41) is 0. The Labute approximate surface area is 228 Å². The quantitative estimate of drug-likeness (QED) is 0.251. The van der Waals surface area contributed by atoms with Gasteiger partial charge in [0.05, 0.1) is 17.0 Å². The molecule has 40 heavy (non-hydrogen) atoms. The summed E-state index contributed by atoms with van der Waals surface area (Å²) < 4.78 is 86.0. The summed E-state index contributed by atoms with van der Waals surface area (Å²) in [6.45, 7) is 1.76. The Morgan fingerprint density at radius 2 is 1.40 bits per heavy atom. The van der Waals surface area contributed by atoms with E-state index < -0.39 is 39.8 Å². The Hall–Kier alpha value is -4.24. The van der Waals surface area contributed by atoms with Crippen molar-refractivity contribution in [3.8, 4) is 0 Å². The number of carbonyl (C=O) groups is 1. The molecule has 1 atom stereocenters. The maximum absolute atomic E-state index is 14.6. The van der Waals surface area contributed by atoms with Gasteiger partial charge in [-0.25, -0.2) is 17.1 Å². The Morgan fingerprint density at radius 3 is 2.05 bits per heavy atom. The van der Waals surface area contributed by atoms with E-state index in [1.54, 1.807) is 37.3 Å². The molecular formula is C31H21F4NO3S. The molecule has 0 bridgehead atoms. The van der Waals surface area contributed by atoms with Crippen molar-refractivity contribution in [1.29, 1.82) is 0 Å². The first-order chi connectivity index (χ1) is 18.9. The second-order valence-electron chi connectivity index (χ2n) is 9.90. The number of hydrogen-bond acceptors (Lipinski definition) is 3. The van der Waals surface area contributed by atoms with Crippen molar-refractivity contribution in [2.24, 2.45) is 0 Å². The van der Waals surface area contributed by atoms with Crippen LogP contribution in [0.2, 0.25) is 0 Å². The molecule has 0 spiro atoms. The summed E-state index contributed by atoms with van der Waals surface area (Å²) >= 11 is 0. The van der Waals surface area contributed by atoms with Gasteiger partial charge >= 0.3 is 6.18 Å². The van der Waals surface area contributed by atoms with Crippen LogP contribution >= 0.6 is 0 Å². The van der Waals surface area contributed by atoms with Crippen LogP contribution < -0.4 is 4.31 Å². The number of anilines is 1.